The van der Waals surface area contributed by atoms with Gasteiger partial charge in [-0.15, -0.1) is 0 Å². The van der Waals surface area contributed by atoms with Gasteiger partial charge >= 0.3 is 0 Å². The molecular formula is C10H10N2O2. The van der Waals surface area contributed by atoms with Gasteiger partial charge in [0, 0.05) is 12.2 Å². The number of fused-ring (bicyclic) bond motifs is 1. The number of aliphatic hydroxyl groups is 1. The fourth-order valence-electron chi connectivity index (χ4n) is 1.79. The van der Waals surface area contributed by atoms with E-state index in [1.807, 2.05) is 6.07 Å². The number of nitriles is 1. The summed E-state index contributed by atoms with van der Waals surface area (Å²) in [6.07, 6.45) is -0.0232. The van der Waals surface area contributed by atoms with Gasteiger partial charge in [-0.2, -0.15) is 5.26 Å². The number of phenols is 1. The highest BCUT2D eigenvalue weighted by Crippen LogP contribution is 2.42. The van der Waals surface area contributed by atoms with E-state index in [4.69, 9.17) is 5.26 Å². The van der Waals surface area contributed by atoms with Gasteiger partial charge in [0.15, 0.2) is 0 Å². The van der Waals surface area contributed by atoms with Gasteiger partial charge in [-0.05, 0) is 12.1 Å². The summed E-state index contributed by atoms with van der Waals surface area (Å²) in [5, 5.41) is 31.2. The van der Waals surface area contributed by atoms with Crippen LogP contribution in [0, 0.1) is 11.3 Å². The summed E-state index contributed by atoms with van der Waals surface area (Å²) in [7, 11) is 0. The summed E-state index contributed by atoms with van der Waals surface area (Å²) < 4.78 is 0. The number of hydrogen-bond acceptors (Lipinski definition) is 4. The van der Waals surface area contributed by atoms with Crippen LogP contribution >= 0.6 is 0 Å². The van der Waals surface area contributed by atoms with Crippen molar-refractivity contribution in [3.8, 4) is 11.8 Å². The topological polar surface area (TPSA) is 76.3 Å². The molecule has 72 valence electrons. The lowest BCUT2D eigenvalue weighted by molar-refractivity contribution is 0.0609. The summed E-state index contributed by atoms with van der Waals surface area (Å²) in [5.74, 6) is 0.0326. The molecule has 3 N–H and O–H groups in total. The van der Waals surface area contributed by atoms with Gasteiger partial charge in [-0.3, -0.25) is 0 Å². The molecule has 1 atom stereocenters. The standard InChI is InChI=1S/C10H10N2O2/c11-5-4-10(14)6-12-7-2-1-3-8(13)9(7)10/h1-3,12-14H,4,6H2/t10-/m0/s1. The van der Waals surface area contributed by atoms with Gasteiger partial charge in [-0.25, -0.2) is 0 Å². The van der Waals surface area contributed by atoms with Crippen molar-refractivity contribution in [2.24, 2.45) is 0 Å². The zero-order valence-corrected chi connectivity index (χ0v) is 7.49. The van der Waals surface area contributed by atoms with Crippen LogP contribution in [0.1, 0.15) is 12.0 Å². The average Bonchev–Trinajstić information content (AvgIpc) is 2.46. The highest BCUT2D eigenvalue weighted by atomic mass is 16.3. The van der Waals surface area contributed by atoms with E-state index < -0.39 is 5.60 Å². The number of phenolic OH excluding ortho intramolecular Hbond substituents is 1. The second-order valence-electron chi connectivity index (χ2n) is 3.42. The summed E-state index contributed by atoms with van der Waals surface area (Å²) in [4.78, 5) is 0. The first kappa shape index (κ1) is 8.85. The molecule has 0 fully saturated rings. The van der Waals surface area contributed by atoms with Crippen molar-refractivity contribution in [3.05, 3.63) is 23.8 Å². The number of nitrogens with one attached hydrogen (secondary N) is 1. The maximum atomic E-state index is 10.1. The Hall–Kier alpha value is -1.73. The average molecular weight is 190 g/mol. The summed E-state index contributed by atoms with van der Waals surface area (Å²) in [6.45, 7) is 0.271. The van der Waals surface area contributed by atoms with E-state index in [1.165, 1.54) is 6.07 Å². The molecule has 4 nitrogen and oxygen atoms in total. The molecule has 1 aliphatic rings. The number of nitrogens with zero attached hydrogens (tertiary/aromatic N) is 1. The van der Waals surface area contributed by atoms with E-state index in [2.05, 4.69) is 5.32 Å². The number of hydrogen-bond donors (Lipinski definition) is 3. The molecule has 0 aliphatic carbocycles. The quantitative estimate of drug-likeness (QED) is 0.615. The van der Waals surface area contributed by atoms with Crippen molar-refractivity contribution in [3.63, 3.8) is 0 Å². The van der Waals surface area contributed by atoms with Crippen LogP contribution in [-0.2, 0) is 5.60 Å². The van der Waals surface area contributed by atoms with Gasteiger partial charge in [0.05, 0.1) is 18.1 Å². The largest absolute Gasteiger partial charge is 0.507 e. The van der Waals surface area contributed by atoms with E-state index in [9.17, 15) is 10.2 Å². The van der Waals surface area contributed by atoms with Crippen LogP contribution in [0.4, 0.5) is 5.69 Å². The predicted octanol–water partition coefficient (Wildman–Crippen LogP) is 0.919. The van der Waals surface area contributed by atoms with Crippen LogP contribution in [-0.4, -0.2) is 16.8 Å². The maximum absolute atomic E-state index is 10.1. The Bertz CT molecular complexity index is 411. The first-order valence-electron chi connectivity index (χ1n) is 4.33. The van der Waals surface area contributed by atoms with E-state index >= 15 is 0 Å². The Balaban J connectivity index is 2.53. The molecule has 0 bridgehead atoms. The van der Waals surface area contributed by atoms with Gasteiger partial charge in [-0.1, -0.05) is 6.07 Å². The highest BCUT2D eigenvalue weighted by Gasteiger charge is 2.38. The van der Waals surface area contributed by atoms with Gasteiger partial charge in [0.1, 0.15) is 11.4 Å². The third kappa shape index (κ3) is 1.10. The minimum absolute atomic E-state index is 0.0232. The van der Waals surface area contributed by atoms with Crippen molar-refractivity contribution in [2.45, 2.75) is 12.0 Å². The van der Waals surface area contributed by atoms with Crippen LogP contribution in [0.25, 0.3) is 0 Å². The van der Waals surface area contributed by atoms with E-state index in [-0.39, 0.29) is 18.7 Å². The Morgan fingerprint density at radius 2 is 2.36 bits per heavy atom. The van der Waals surface area contributed by atoms with Gasteiger partial charge in [0.2, 0.25) is 0 Å². The smallest absolute Gasteiger partial charge is 0.125 e. The first-order valence-corrected chi connectivity index (χ1v) is 4.33. The third-order valence-corrected chi connectivity index (χ3v) is 2.45. The van der Waals surface area contributed by atoms with Crippen LogP contribution < -0.4 is 5.32 Å². The van der Waals surface area contributed by atoms with E-state index in [1.54, 1.807) is 12.1 Å². The molecule has 0 amide bonds. The Morgan fingerprint density at radius 1 is 1.57 bits per heavy atom. The van der Waals surface area contributed by atoms with Crippen LogP contribution in [0.15, 0.2) is 18.2 Å². The number of aromatic hydroxyl groups is 1. The molecule has 0 spiro atoms. The predicted molar refractivity (Wildman–Crippen MR) is 50.7 cm³/mol. The van der Waals surface area contributed by atoms with Crippen LogP contribution in [0.5, 0.6) is 5.75 Å². The zero-order valence-electron chi connectivity index (χ0n) is 7.49. The molecule has 0 saturated heterocycles. The Morgan fingerprint density at radius 3 is 3.07 bits per heavy atom. The fourth-order valence-corrected chi connectivity index (χ4v) is 1.79. The lowest BCUT2D eigenvalue weighted by atomic mass is 9.92. The summed E-state index contributed by atoms with van der Waals surface area (Å²) >= 11 is 0. The number of β-amino-alcohol motifs (C(OH)–C–C–N with tert-alkyl or cyclic N) is 1. The fraction of sp³-hybridized carbons (Fsp3) is 0.300. The molecule has 0 aromatic heterocycles. The minimum atomic E-state index is -1.25. The van der Waals surface area contributed by atoms with Crippen molar-refractivity contribution in [2.75, 3.05) is 11.9 Å². The number of rotatable bonds is 1. The summed E-state index contributed by atoms with van der Waals surface area (Å²) in [5.41, 5.74) is -0.126. The molecule has 0 unspecified atom stereocenters. The second kappa shape index (κ2) is 2.89. The molecule has 1 aromatic rings. The maximum Gasteiger partial charge on any atom is 0.125 e. The van der Waals surface area contributed by atoms with Crippen molar-refractivity contribution < 1.29 is 10.2 Å². The monoisotopic (exact) mass is 190 g/mol. The van der Waals surface area contributed by atoms with E-state index in [0.717, 1.165) is 0 Å². The third-order valence-electron chi connectivity index (χ3n) is 2.45. The van der Waals surface area contributed by atoms with Gasteiger partial charge < -0.3 is 15.5 Å². The molecule has 1 aromatic carbocycles. The molecule has 2 rings (SSSR count). The molecule has 1 aliphatic heterocycles. The lowest BCUT2D eigenvalue weighted by Crippen LogP contribution is -2.27. The van der Waals surface area contributed by atoms with E-state index in [0.29, 0.717) is 11.3 Å². The number of anilines is 1. The molecule has 0 radical (unpaired) electrons. The first-order chi connectivity index (χ1) is 6.67. The van der Waals surface area contributed by atoms with Crippen molar-refractivity contribution >= 4 is 5.69 Å². The molecular weight excluding hydrogens is 180 g/mol. The van der Waals surface area contributed by atoms with Crippen molar-refractivity contribution in [1.82, 2.24) is 0 Å². The SMILES string of the molecule is N#CC[C@]1(O)CNc2cccc(O)c21. The molecule has 4 heteroatoms. The second-order valence-corrected chi connectivity index (χ2v) is 3.42. The van der Waals surface area contributed by atoms with Crippen LogP contribution in [0.2, 0.25) is 0 Å². The molecule has 14 heavy (non-hydrogen) atoms. The Kier molecular flexibility index (Phi) is 1.83. The zero-order chi connectivity index (χ0) is 10.2. The summed E-state index contributed by atoms with van der Waals surface area (Å²) in [6, 6.07) is 6.89. The molecule has 0 saturated carbocycles. The number of benzene rings is 1. The Labute approximate surface area is 81.4 Å². The molecule has 1 heterocycles. The normalized spacial score (nSPS) is 23.7. The van der Waals surface area contributed by atoms with Gasteiger partial charge in [0.25, 0.3) is 0 Å². The van der Waals surface area contributed by atoms with Crippen LogP contribution in [0.3, 0.4) is 0 Å². The lowest BCUT2D eigenvalue weighted by Gasteiger charge is -2.19. The minimum Gasteiger partial charge on any atom is -0.507 e. The van der Waals surface area contributed by atoms with Crippen molar-refractivity contribution in [1.29, 1.82) is 5.26 Å². The highest BCUT2D eigenvalue weighted by molar-refractivity contribution is 5.64.